The zero-order chi connectivity index (χ0) is 12.1. The summed E-state index contributed by atoms with van der Waals surface area (Å²) in [6, 6.07) is 0. The fraction of sp³-hybridized carbons (Fsp3) is 0.714. The van der Waals surface area contributed by atoms with E-state index in [0.29, 0.717) is 12.8 Å². The molecule has 3 nitrogen and oxygen atoms in total. The van der Waals surface area contributed by atoms with Crippen molar-refractivity contribution in [2.45, 2.75) is 51.0 Å². The number of carbonyl (C=O) groups excluding carboxylic acids is 2. The second-order valence-corrected chi connectivity index (χ2v) is 5.88. The number of allylic oxidation sites excluding steroid dienone is 1. The van der Waals surface area contributed by atoms with E-state index in [2.05, 4.69) is 6.92 Å². The van der Waals surface area contributed by atoms with Gasteiger partial charge in [-0.25, -0.2) is 0 Å². The minimum Gasteiger partial charge on any atom is -0.457 e. The molecule has 17 heavy (non-hydrogen) atoms. The van der Waals surface area contributed by atoms with Crippen LogP contribution in [0.1, 0.15) is 45.4 Å². The normalized spacial score (nSPS) is 44.9. The lowest BCUT2D eigenvalue weighted by atomic mass is 9.53. The second kappa shape index (κ2) is 3.44. The summed E-state index contributed by atoms with van der Waals surface area (Å²) in [6.45, 7) is 2.19. The van der Waals surface area contributed by atoms with Crippen molar-refractivity contribution in [3.8, 4) is 0 Å². The second-order valence-electron chi connectivity index (χ2n) is 5.88. The molecular formula is C14H18O3. The Morgan fingerprint density at radius 1 is 1.35 bits per heavy atom. The topological polar surface area (TPSA) is 43.4 Å². The molecule has 3 aliphatic rings. The van der Waals surface area contributed by atoms with E-state index < -0.39 is 5.60 Å². The SMILES string of the molecule is C[C@@]12CCC[C@@H]3C(=O)C=CCC31OC(=O)CC2. The molecule has 2 fully saturated rings. The molecular weight excluding hydrogens is 216 g/mol. The summed E-state index contributed by atoms with van der Waals surface area (Å²) in [4.78, 5) is 23.7. The monoisotopic (exact) mass is 234 g/mol. The maximum atomic E-state index is 12.0. The predicted molar refractivity (Wildman–Crippen MR) is 62.3 cm³/mol. The molecule has 1 heterocycles. The zero-order valence-corrected chi connectivity index (χ0v) is 10.2. The zero-order valence-electron chi connectivity index (χ0n) is 10.2. The van der Waals surface area contributed by atoms with E-state index in [1.165, 1.54) is 0 Å². The third-order valence-electron chi connectivity index (χ3n) is 5.03. The van der Waals surface area contributed by atoms with Gasteiger partial charge >= 0.3 is 5.97 Å². The number of hydrogen-bond donors (Lipinski definition) is 0. The summed E-state index contributed by atoms with van der Waals surface area (Å²) >= 11 is 0. The van der Waals surface area contributed by atoms with E-state index in [0.717, 1.165) is 25.7 Å². The molecule has 0 aromatic rings. The van der Waals surface area contributed by atoms with Gasteiger partial charge < -0.3 is 4.74 Å². The highest BCUT2D eigenvalue weighted by molar-refractivity contribution is 5.94. The van der Waals surface area contributed by atoms with Gasteiger partial charge in [-0.2, -0.15) is 0 Å². The molecule has 0 aromatic carbocycles. The van der Waals surface area contributed by atoms with Crippen molar-refractivity contribution in [1.29, 1.82) is 0 Å². The molecule has 92 valence electrons. The third kappa shape index (κ3) is 1.34. The standard InChI is InChI=1S/C14H18O3/c1-13-7-2-4-10-11(15)5-3-8-14(10,13)17-12(16)6-9-13/h3,5,10H,2,4,6-9H2,1H3/t10-,13+,14?/m1/s1. The van der Waals surface area contributed by atoms with Gasteiger partial charge in [0.1, 0.15) is 5.60 Å². The van der Waals surface area contributed by atoms with Gasteiger partial charge in [0.15, 0.2) is 5.78 Å². The quantitative estimate of drug-likeness (QED) is 0.604. The van der Waals surface area contributed by atoms with E-state index in [4.69, 9.17) is 4.74 Å². The summed E-state index contributed by atoms with van der Waals surface area (Å²) in [6.07, 6.45) is 8.65. The van der Waals surface area contributed by atoms with Gasteiger partial charge in [-0.3, -0.25) is 9.59 Å². The van der Waals surface area contributed by atoms with E-state index in [1.54, 1.807) is 6.08 Å². The number of carbonyl (C=O) groups is 2. The maximum absolute atomic E-state index is 12.0. The first-order chi connectivity index (χ1) is 8.07. The molecule has 1 saturated heterocycles. The van der Waals surface area contributed by atoms with Crippen LogP contribution < -0.4 is 0 Å². The maximum Gasteiger partial charge on any atom is 0.306 e. The van der Waals surface area contributed by atoms with Crippen molar-refractivity contribution in [3.05, 3.63) is 12.2 Å². The minimum atomic E-state index is -0.535. The van der Waals surface area contributed by atoms with Crippen molar-refractivity contribution in [1.82, 2.24) is 0 Å². The first-order valence-electron chi connectivity index (χ1n) is 6.50. The highest BCUT2D eigenvalue weighted by Gasteiger charge is 2.61. The minimum absolute atomic E-state index is 0.00968. The fourth-order valence-electron chi connectivity index (χ4n) is 3.99. The van der Waals surface area contributed by atoms with Crippen LogP contribution in [0.25, 0.3) is 0 Å². The van der Waals surface area contributed by atoms with E-state index in [-0.39, 0.29) is 23.1 Å². The fourth-order valence-corrected chi connectivity index (χ4v) is 3.99. The Labute approximate surface area is 101 Å². The molecule has 2 aliphatic carbocycles. The Kier molecular flexibility index (Phi) is 2.22. The number of ketones is 1. The van der Waals surface area contributed by atoms with Crippen molar-refractivity contribution < 1.29 is 14.3 Å². The van der Waals surface area contributed by atoms with Crippen LogP contribution >= 0.6 is 0 Å². The Bertz CT molecular complexity index is 412. The Hall–Kier alpha value is -1.12. The molecule has 3 heteroatoms. The summed E-state index contributed by atoms with van der Waals surface area (Å²) in [5, 5.41) is 0. The molecule has 0 radical (unpaired) electrons. The van der Waals surface area contributed by atoms with Crippen molar-refractivity contribution in [2.75, 3.05) is 0 Å². The molecule has 3 atom stereocenters. The lowest BCUT2D eigenvalue weighted by Gasteiger charge is -2.57. The van der Waals surface area contributed by atoms with Crippen molar-refractivity contribution in [2.24, 2.45) is 11.3 Å². The highest BCUT2D eigenvalue weighted by atomic mass is 16.6. The lowest BCUT2D eigenvalue weighted by molar-refractivity contribution is -0.215. The van der Waals surface area contributed by atoms with Gasteiger partial charge in [0.25, 0.3) is 0 Å². The number of rotatable bonds is 0. The van der Waals surface area contributed by atoms with Gasteiger partial charge in [-0.1, -0.05) is 19.4 Å². The molecule has 3 rings (SSSR count). The van der Waals surface area contributed by atoms with Crippen LogP contribution in [-0.2, 0) is 14.3 Å². The van der Waals surface area contributed by atoms with Crippen LogP contribution in [0.3, 0.4) is 0 Å². The largest absolute Gasteiger partial charge is 0.457 e. The summed E-state index contributed by atoms with van der Waals surface area (Å²) in [5.41, 5.74) is -0.545. The summed E-state index contributed by atoms with van der Waals surface area (Å²) in [5.74, 6) is -0.0788. The van der Waals surface area contributed by atoms with Gasteiger partial charge in [0.05, 0.1) is 5.92 Å². The van der Waals surface area contributed by atoms with Crippen LogP contribution in [-0.4, -0.2) is 17.4 Å². The van der Waals surface area contributed by atoms with E-state index >= 15 is 0 Å². The Morgan fingerprint density at radius 2 is 2.18 bits per heavy atom. The Morgan fingerprint density at radius 3 is 3.00 bits per heavy atom. The third-order valence-corrected chi connectivity index (χ3v) is 5.03. The number of hydrogen-bond acceptors (Lipinski definition) is 3. The molecule has 0 bridgehead atoms. The molecule has 1 saturated carbocycles. The van der Waals surface area contributed by atoms with Crippen LogP contribution in [0.5, 0.6) is 0 Å². The van der Waals surface area contributed by atoms with Crippen LogP contribution in [0.2, 0.25) is 0 Å². The van der Waals surface area contributed by atoms with Crippen LogP contribution in [0.4, 0.5) is 0 Å². The van der Waals surface area contributed by atoms with Crippen molar-refractivity contribution >= 4 is 11.8 Å². The molecule has 1 unspecified atom stereocenters. The van der Waals surface area contributed by atoms with E-state index in [1.807, 2.05) is 6.08 Å². The van der Waals surface area contributed by atoms with Crippen molar-refractivity contribution in [3.63, 3.8) is 0 Å². The summed E-state index contributed by atoms with van der Waals surface area (Å²) < 4.78 is 5.74. The average molecular weight is 234 g/mol. The summed E-state index contributed by atoms with van der Waals surface area (Å²) in [7, 11) is 0. The van der Waals surface area contributed by atoms with Crippen LogP contribution in [0.15, 0.2) is 12.2 Å². The molecule has 0 amide bonds. The average Bonchev–Trinajstić information content (AvgIpc) is 2.29. The van der Waals surface area contributed by atoms with Gasteiger partial charge in [-0.05, 0) is 25.3 Å². The van der Waals surface area contributed by atoms with Crippen LogP contribution in [0, 0.1) is 11.3 Å². The molecule has 0 N–H and O–H groups in total. The predicted octanol–water partition coefficient (Wildman–Crippen LogP) is 2.40. The highest BCUT2D eigenvalue weighted by Crippen LogP contribution is 2.57. The number of ether oxygens (including phenoxy) is 1. The van der Waals surface area contributed by atoms with E-state index in [9.17, 15) is 9.59 Å². The molecule has 1 aliphatic heterocycles. The Balaban J connectivity index is 2.08. The smallest absolute Gasteiger partial charge is 0.306 e. The number of esters is 1. The van der Waals surface area contributed by atoms with Gasteiger partial charge in [-0.15, -0.1) is 0 Å². The molecule has 1 spiro atoms. The first-order valence-corrected chi connectivity index (χ1v) is 6.50. The first kappa shape index (κ1) is 11.0. The molecule has 0 aromatic heterocycles. The van der Waals surface area contributed by atoms with Gasteiger partial charge in [0.2, 0.25) is 0 Å². The lowest BCUT2D eigenvalue weighted by Crippen LogP contribution is -2.62. The van der Waals surface area contributed by atoms with Gasteiger partial charge in [0, 0.05) is 18.3 Å².